The molecule has 0 radical (unpaired) electrons. The fourth-order valence-electron chi connectivity index (χ4n) is 3.44. The van der Waals surface area contributed by atoms with E-state index in [1.807, 2.05) is 45.0 Å². The van der Waals surface area contributed by atoms with Crippen LogP contribution in [0.25, 0.3) is 10.9 Å². The van der Waals surface area contributed by atoms with Gasteiger partial charge in [-0.25, -0.2) is 4.98 Å². The van der Waals surface area contributed by atoms with Crippen LogP contribution >= 0.6 is 15.9 Å². The molecule has 0 saturated carbocycles. The Morgan fingerprint density at radius 2 is 1.86 bits per heavy atom. The van der Waals surface area contributed by atoms with Gasteiger partial charge >= 0.3 is 0 Å². The lowest BCUT2D eigenvalue weighted by molar-refractivity contribution is -0.384. The van der Waals surface area contributed by atoms with Crippen LogP contribution in [-0.2, 0) is 12.0 Å². The van der Waals surface area contributed by atoms with Gasteiger partial charge in [0.25, 0.3) is 11.2 Å². The molecule has 0 amide bonds. The predicted octanol–water partition coefficient (Wildman–Crippen LogP) is 5.83. The predicted molar refractivity (Wildman–Crippen MR) is 139 cm³/mol. The molecule has 9 heteroatoms. The summed E-state index contributed by atoms with van der Waals surface area (Å²) in [7, 11) is 0. The quantitative estimate of drug-likeness (QED) is 0.176. The van der Waals surface area contributed by atoms with Crippen molar-refractivity contribution in [1.29, 1.82) is 0 Å². The van der Waals surface area contributed by atoms with Gasteiger partial charge in [-0.15, -0.1) is 0 Å². The first kappa shape index (κ1) is 24.3. The van der Waals surface area contributed by atoms with E-state index in [4.69, 9.17) is 9.72 Å². The van der Waals surface area contributed by atoms with Gasteiger partial charge in [0.2, 0.25) is 0 Å². The fraction of sp³-hybridized carbons (Fsp3) is 0.192. The molecule has 3 aromatic carbocycles. The minimum atomic E-state index is -0.433. The molecule has 0 aliphatic carbocycles. The molecule has 0 fully saturated rings. The largest absolute Gasteiger partial charge is 0.489 e. The Labute approximate surface area is 210 Å². The molecule has 0 unspecified atom stereocenters. The number of nitrogens with zero attached hydrogens (tertiary/aromatic N) is 4. The van der Waals surface area contributed by atoms with Crippen molar-refractivity contribution in [2.24, 2.45) is 5.10 Å². The molecule has 0 spiro atoms. The Hall–Kier alpha value is -3.85. The molecule has 8 nitrogen and oxygen atoms in total. The van der Waals surface area contributed by atoms with Crippen molar-refractivity contribution < 1.29 is 9.66 Å². The summed E-state index contributed by atoms with van der Waals surface area (Å²) in [6.07, 6.45) is 1.60. The highest BCUT2D eigenvalue weighted by Crippen LogP contribution is 2.23. The standard InChI is InChI=1S/C26H23BrN4O4/c1-26(2,3)25-29-23-12-9-19(27)14-22(23)24(32)30(25)28-15-17-7-10-21(11-8-17)35-16-18-5-4-6-20(13-18)31(33)34/h4-15H,16H2,1-3H3. The average Bonchev–Trinajstić information content (AvgIpc) is 2.82. The molecule has 0 bridgehead atoms. The lowest BCUT2D eigenvalue weighted by atomic mass is 9.95. The third-order valence-corrected chi connectivity index (χ3v) is 5.70. The lowest BCUT2D eigenvalue weighted by Crippen LogP contribution is -2.29. The maximum atomic E-state index is 13.2. The van der Waals surface area contributed by atoms with Crippen LogP contribution in [0.15, 0.2) is 81.1 Å². The van der Waals surface area contributed by atoms with Crippen LogP contribution < -0.4 is 10.3 Å². The number of fused-ring (bicyclic) bond motifs is 1. The molecule has 0 N–H and O–H groups in total. The molecule has 0 aliphatic heterocycles. The Kier molecular flexibility index (Phi) is 6.79. The van der Waals surface area contributed by atoms with Crippen LogP contribution in [0.3, 0.4) is 0 Å². The second-order valence-corrected chi connectivity index (χ2v) is 9.91. The van der Waals surface area contributed by atoms with E-state index in [0.29, 0.717) is 28.0 Å². The van der Waals surface area contributed by atoms with Crippen molar-refractivity contribution in [2.75, 3.05) is 0 Å². The molecular weight excluding hydrogens is 512 g/mol. The molecule has 0 aliphatic rings. The summed E-state index contributed by atoms with van der Waals surface area (Å²) >= 11 is 3.41. The highest BCUT2D eigenvalue weighted by atomic mass is 79.9. The van der Waals surface area contributed by atoms with E-state index in [0.717, 1.165) is 10.0 Å². The molecule has 4 rings (SSSR count). The van der Waals surface area contributed by atoms with Crippen LogP contribution in [0.4, 0.5) is 5.69 Å². The highest BCUT2D eigenvalue weighted by molar-refractivity contribution is 9.10. The minimum absolute atomic E-state index is 0.0260. The fourth-order valence-corrected chi connectivity index (χ4v) is 3.80. The topological polar surface area (TPSA) is 99.6 Å². The van der Waals surface area contributed by atoms with Crippen molar-refractivity contribution in [3.8, 4) is 5.75 Å². The van der Waals surface area contributed by atoms with E-state index >= 15 is 0 Å². The summed E-state index contributed by atoms with van der Waals surface area (Å²) in [4.78, 5) is 28.4. The maximum Gasteiger partial charge on any atom is 0.282 e. The molecule has 1 aromatic heterocycles. The summed E-state index contributed by atoms with van der Waals surface area (Å²) in [6.45, 7) is 6.16. The van der Waals surface area contributed by atoms with E-state index < -0.39 is 10.3 Å². The maximum absolute atomic E-state index is 13.2. The smallest absolute Gasteiger partial charge is 0.282 e. The van der Waals surface area contributed by atoms with Crippen molar-refractivity contribution >= 4 is 38.7 Å². The zero-order valence-corrected chi connectivity index (χ0v) is 21.0. The summed E-state index contributed by atoms with van der Waals surface area (Å²) < 4.78 is 7.89. The van der Waals surface area contributed by atoms with Gasteiger partial charge in [-0.05, 0) is 53.6 Å². The summed E-state index contributed by atoms with van der Waals surface area (Å²) in [5, 5.41) is 15.9. The molecule has 0 atom stereocenters. The summed E-state index contributed by atoms with van der Waals surface area (Å²) in [5.41, 5.74) is 1.48. The van der Waals surface area contributed by atoms with Gasteiger partial charge in [0, 0.05) is 22.0 Å². The van der Waals surface area contributed by atoms with Gasteiger partial charge in [-0.3, -0.25) is 14.9 Å². The van der Waals surface area contributed by atoms with Crippen molar-refractivity contribution in [3.63, 3.8) is 0 Å². The van der Waals surface area contributed by atoms with Crippen molar-refractivity contribution in [2.45, 2.75) is 32.8 Å². The molecular formula is C26H23BrN4O4. The number of hydrogen-bond acceptors (Lipinski definition) is 6. The molecule has 35 heavy (non-hydrogen) atoms. The Balaban J connectivity index is 1.57. The molecule has 0 saturated heterocycles. The van der Waals surface area contributed by atoms with E-state index in [-0.39, 0.29) is 17.9 Å². The van der Waals surface area contributed by atoms with Crippen LogP contribution in [0, 0.1) is 10.1 Å². The Morgan fingerprint density at radius 1 is 1.11 bits per heavy atom. The van der Waals surface area contributed by atoms with Crippen LogP contribution in [0.1, 0.15) is 37.7 Å². The second kappa shape index (κ2) is 9.79. The first-order chi connectivity index (χ1) is 16.6. The van der Waals surface area contributed by atoms with E-state index in [9.17, 15) is 14.9 Å². The van der Waals surface area contributed by atoms with Crippen molar-refractivity contribution in [1.82, 2.24) is 9.66 Å². The number of non-ortho nitro benzene ring substituents is 1. The monoisotopic (exact) mass is 534 g/mol. The number of rotatable bonds is 6. The minimum Gasteiger partial charge on any atom is -0.489 e. The van der Waals surface area contributed by atoms with E-state index in [2.05, 4.69) is 21.0 Å². The van der Waals surface area contributed by atoms with Gasteiger partial charge < -0.3 is 4.74 Å². The molecule has 1 heterocycles. The van der Waals surface area contributed by atoms with E-state index in [1.165, 1.54) is 16.8 Å². The number of ether oxygens (including phenoxy) is 1. The summed E-state index contributed by atoms with van der Waals surface area (Å²) in [5.74, 6) is 1.17. The third kappa shape index (κ3) is 5.63. The van der Waals surface area contributed by atoms with Gasteiger partial charge in [0.1, 0.15) is 18.2 Å². The first-order valence-corrected chi connectivity index (χ1v) is 11.6. The van der Waals surface area contributed by atoms with Gasteiger partial charge in [0.15, 0.2) is 0 Å². The molecule has 4 aromatic rings. The zero-order valence-electron chi connectivity index (χ0n) is 19.4. The zero-order chi connectivity index (χ0) is 25.2. The second-order valence-electron chi connectivity index (χ2n) is 8.99. The number of nitro groups is 1. The first-order valence-electron chi connectivity index (χ1n) is 10.9. The number of aromatic nitrogens is 2. The average molecular weight is 535 g/mol. The van der Waals surface area contributed by atoms with Gasteiger partial charge in [-0.2, -0.15) is 9.78 Å². The normalized spacial score (nSPS) is 11.8. The van der Waals surface area contributed by atoms with Crippen LogP contribution in [0.5, 0.6) is 5.75 Å². The van der Waals surface area contributed by atoms with Crippen LogP contribution in [-0.4, -0.2) is 20.8 Å². The highest BCUT2D eigenvalue weighted by Gasteiger charge is 2.22. The number of hydrogen-bond donors (Lipinski definition) is 0. The number of benzene rings is 3. The summed E-state index contributed by atoms with van der Waals surface area (Å²) in [6, 6.07) is 18.9. The number of nitro benzene ring substituents is 1. The third-order valence-electron chi connectivity index (χ3n) is 5.21. The van der Waals surface area contributed by atoms with Crippen molar-refractivity contribution in [3.05, 3.63) is 109 Å². The Morgan fingerprint density at radius 3 is 2.54 bits per heavy atom. The van der Waals surface area contributed by atoms with Gasteiger partial charge in [0.05, 0.1) is 22.0 Å². The Bertz CT molecular complexity index is 1490. The SMILES string of the molecule is CC(C)(C)c1nc2ccc(Br)cc2c(=O)n1N=Cc1ccc(OCc2cccc([N+](=O)[O-])c2)cc1. The van der Waals surface area contributed by atoms with Crippen LogP contribution in [0.2, 0.25) is 0 Å². The van der Waals surface area contributed by atoms with E-state index in [1.54, 1.807) is 36.5 Å². The lowest BCUT2D eigenvalue weighted by Gasteiger charge is -2.20. The number of halogens is 1. The molecule has 178 valence electrons. The van der Waals surface area contributed by atoms with Gasteiger partial charge in [-0.1, -0.05) is 48.8 Å².